The smallest absolute Gasteiger partial charge is 0.264 e. The molecule has 0 amide bonds. The quantitative estimate of drug-likeness (QED) is 0.644. The van der Waals surface area contributed by atoms with Crippen LogP contribution < -0.4 is 9.04 Å². The van der Waals surface area contributed by atoms with E-state index >= 15 is 0 Å². The van der Waals surface area contributed by atoms with Gasteiger partial charge < -0.3 is 9.30 Å². The molecule has 0 unspecified atom stereocenters. The molecule has 5 nitrogen and oxygen atoms in total. The summed E-state index contributed by atoms with van der Waals surface area (Å²) < 4.78 is 35.7. The first kappa shape index (κ1) is 19.0. The lowest BCUT2D eigenvalue weighted by molar-refractivity contribution is 0.415. The molecule has 0 fully saturated rings. The van der Waals surface area contributed by atoms with Gasteiger partial charge in [-0.3, -0.25) is 4.31 Å². The highest BCUT2D eigenvalue weighted by Crippen LogP contribution is 2.29. The number of hydrogen-bond donors (Lipinski definition) is 0. The van der Waals surface area contributed by atoms with Crippen molar-refractivity contribution in [3.63, 3.8) is 0 Å². The summed E-state index contributed by atoms with van der Waals surface area (Å²) in [6.45, 7) is 3.96. The second-order valence-corrected chi connectivity index (χ2v) is 8.42. The molecule has 0 N–H and O–H groups in total. The van der Waals surface area contributed by atoms with Crippen LogP contribution in [-0.2, 0) is 23.6 Å². The lowest BCUT2D eigenvalue weighted by Crippen LogP contribution is -2.31. The summed E-state index contributed by atoms with van der Waals surface area (Å²) in [5, 5.41) is 0. The molecule has 0 aliphatic carbocycles. The third-order valence-corrected chi connectivity index (χ3v) is 6.54. The highest BCUT2D eigenvalue weighted by atomic mass is 32.2. The molecule has 1 aromatic heterocycles. The SMILES string of the molecule is COc1ccc(N(Cc2cccn2C)S(=O)(=O)c2cc(C)ccc2C)cc1. The van der Waals surface area contributed by atoms with Crippen molar-refractivity contribution in [2.45, 2.75) is 25.3 Å². The predicted molar refractivity (Wildman–Crippen MR) is 108 cm³/mol. The van der Waals surface area contributed by atoms with Gasteiger partial charge in [0, 0.05) is 18.9 Å². The Morgan fingerprint density at radius 3 is 2.33 bits per heavy atom. The Balaban J connectivity index is 2.12. The number of rotatable bonds is 6. The van der Waals surface area contributed by atoms with Gasteiger partial charge in [-0.25, -0.2) is 8.42 Å². The third kappa shape index (κ3) is 3.85. The van der Waals surface area contributed by atoms with E-state index in [2.05, 4.69) is 0 Å². The zero-order valence-corrected chi connectivity index (χ0v) is 16.8. The van der Waals surface area contributed by atoms with Gasteiger partial charge in [-0.2, -0.15) is 0 Å². The molecule has 6 heteroatoms. The van der Waals surface area contributed by atoms with Gasteiger partial charge in [0.05, 0.1) is 24.2 Å². The lowest BCUT2D eigenvalue weighted by atomic mass is 10.2. The lowest BCUT2D eigenvalue weighted by Gasteiger charge is -2.26. The zero-order valence-electron chi connectivity index (χ0n) is 16.0. The van der Waals surface area contributed by atoms with Crippen LogP contribution in [0.1, 0.15) is 16.8 Å². The van der Waals surface area contributed by atoms with Crippen molar-refractivity contribution in [1.29, 1.82) is 0 Å². The van der Waals surface area contributed by atoms with Crippen molar-refractivity contribution < 1.29 is 13.2 Å². The number of aryl methyl sites for hydroxylation is 3. The molecule has 27 heavy (non-hydrogen) atoms. The van der Waals surface area contributed by atoms with Crippen molar-refractivity contribution in [2.75, 3.05) is 11.4 Å². The number of aromatic nitrogens is 1. The standard InChI is InChI=1S/C21H24N2O3S/c1-16-7-8-17(2)21(14-16)27(24,25)23(15-19-6-5-13-22(19)3)18-9-11-20(26-4)12-10-18/h5-14H,15H2,1-4H3. The topological polar surface area (TPSA) is 51.5 Å². The first-order valence-corrected chi connectivity index (χ1v) is 10.1. The summed E-state index contributed by atoms with van der Waals surface area (Å²) in [7, 11) is -0.245. The van der Waals surface area contributed by atoms with Gasteiger partial charge in [0.1, 0.15) is 5.75 Å². The van der Waals surface area contributed by atoms with Crippen LogP contribution in [0, 0.1) is 13.8 Å². The maximum Gasteiger partial charge on any atom is 0.264 e. The monoisotopic (exact) mass is 384 g/mol. The molecule has 0 saturated carbocycles. The van der Waals surface area contributed by atoms with Crippen molar-refractivity contribution >= 4 is 15.7 Å². The number of hydrogen-bond acceptors (Lipinski definition) is 3. The summed E-state index contributed by atoms with van der Waals surface area (Å²) in [6.07, 6.45) is 1.91. The van der Waals surface area contributed by atoms with Crippen LogP contribution in [0.15, 0.2) is 65.7 Å². The van der Waals surface area contributed by atoms with Gasteiger partial charge in [0.15, 0.2) is 0 Å². The number of sulfonamides is 1. The maximum atomic E-state index is 13.6. The fourth-order valence-electron chi connectivity index (χ4n) is 2.98. The first-order valence-electron chi connectivity index (χ1n) is 8.67. The number of nitrogens with zero attached hydrogens (tertiary/aromatic N) is 2. The molecule has 0 bridgehead atoms. The van der Waals surface area contributed by atoms with E-state index in [-0.39, 0.29) is 6.54 Å². The summed E-state index contributed by atoms with van der Waals surface area (Å²) in [6, 6.07) is 16.4. The Kier molecular flexibility index (Phi) is 5.28. The van der Waals surface area contributed by atoms with E-state index in [1.54, 1.807) is 37.4 Å². The van der Waals surface area contributed by atoms with Gasteiger partial charge in [0.25, 0.3) is 10.0 Å². The number of methoxy groups -OCH3 is 1. The molecular weight excluding hydrogens is 360 g/mol. The van der Waals surface area contributed by atoms with Crippen LogP contribution in [0.4, 0.5) is 5.69 Å². The van der Waals surface area contributed by atoms with Crippen molar-refractivity contribution in [3.8, 4) is 5.75 Å². The predicted octanol–water partition coefficient (Wildman–Crippen LogP) is 4.05. The second kappa shape index (κ2) is 7.48. The van der Waals surface area contributed by atoms with Crippen LogP contribution >= 0.6 is 0 Å². The summed E-state index contributed by atoms with van der Waals surface area (Å²) in [4.78, 5) is 0.326. The molecule has 142 valence electrons. The Hall–Kier alpha value is -2.73. The molecule has 0 aliphatic rings. The fraction of sp³-hybridized carbons (Fsp3) is 0.238. The fourth-order valence-corrected chi connectivity index (χ4v) is 4.72. The van der Waals surface area contributed by atoms with Crippen molar-refractivity contribution in [3.05, 3.63) is 77.6 Å². The van der Waals surface area contributed by atoms with E-state index in [1.165, 1.54) is 4.31 Å². The minimum absolute atomic E-state index is 0.242. The van der Waals surface area contributed by atoms with Gasteiger partial charge in [-0.05, 0) is 67.4 Å². The highest BCUT2D eigenvalue weighted by Gasteiger charge is 2.27. The molecule has 2 aromatic carbocycles. The van der Waals surface area contributed by atoms with Crippen molar-refractivity contribution in [1.82, 2.24) is 4.57 Å². The van der Waals surface area contributed by atoms with Gasteiger partial charge >= 0.3 is 0 Å². The molecule has 3 rings (SSSR count). The van der Waals surface area contributed by atoms with Crippen molar-refractivity contribution in [2.24, 2.45) is 7.05 Å². The molecular formula is C21H24N2O3S. The Morgan fingerprint density at radius 1 is 1.04 bits per heavy atom. The van der Waals surface area contributed by atoms with E-state index in [4.69, 9.17) is 4.74 Å². The van der Waals surface area contributed by atoms with Crippen LogP contribution in [0.25, 0.3) is 0 Å². The molecule has 1 heterocycles. The molecule has 0 radical (unpaired) electrons. The molecule has 0 spiro atoms. The minimum Gasteiger partial charge on any atom is -0.497 e. The maximum absolute atomic E-state index is 13.6. The highest BCUT2D eigenvalue weighted by molar-refractivity contribution is 7.92. The van der Waals surface area contributed by atoms with Crippen LogP contribution in [0.2, 0.25) is 0 Å². The van der Waals surface area contributed by atoms with Crippen LogP contribution in [0.5, 0.6) is 5.75 Å². The summed E-state index contributed by atoms with van der Waals surface area (Å²) >= 11 is 0. The minimum atomic E-state index is -3.74. The number of ether oxygens (including phenoxy) is 1. The second-order valence-electron chi connectivity index (χ2n) is 6.59. The largest absolute Gasteiger partial charge is 0.497 e. The normalized spacial score (nSPS) is 11.4. The van der Waals surface area contributed by atoms with E-state index in [9.17, 15) is 8.42 Å². The molecule has 3 aromatic rings. The molecule has 0 atom stereocenters. The van der Waals surface area contributed by atoms with E-state index in [0.717, 1.165) is 16.8 Å². The van der Waals surface area contributed by atoms with E-state index < -0.39 is 10.0 Å². The van der Waals surface area contributed by atoms with Gasteiger partial charge in [-0.1, -0.05) is 12.1 Å². The van der Waals surface area contributed by atoms with Crippen LogP contribution in [0.3, 0.4) is 0 Å². The third-order valence-electron chi connectivity index (χ3n) is 4.63. The van der Waals surface area contributed by atoms with Crippen LogP contribution in [-0.4, -0.2) is 20.1 Å². The Bertz CT molecular complexity index is 1040. The Labute approximate surface area is 160 Å². The van der Waals surface area contributed by atoms with E-state index in [0.29, 0.717) is 16.3 Å². The number of benzene rings is 2. The van der Waals surface area contributed by atoms with E-state index in [1.807, 2.05) is 55.9 Å². The zero-order chi connectivity index (χ0) is 19.6. The first-order chi connectivity index (χ1) is 12.8. The summed E-state index contributed by atoms with van der Waals surface area (Å²) in [5.74, 6) is 0.682. The summed E-state index contributed by atoms with van der Waals surface area (Å²) in [5.41, 5.74) is 3.14. The average molecular weight is 385 g/mol. The van der Waals surface area contributed by atoms with Gasteiger partial charge in [-0.15, -0.1) is 0 Å². The molecule has 0 aliphatic heterocycles. The Morgan fingerprint density at radius 2 is 1.74 bits per heavy atom. The number of anilines is 1. The molecule has 0 saturated heterocycles. The van der Waals surface area contributed by atoms with Gasteiger partial charge in [0.2, 0.25) is 0 Å². The average Bonchev–Trinajstić information content (AvgIpc) is 3.06.